The molecule has 9 heteroatoms. The van der Waals surface area contributed by atoms with Gasteiger partial charge in [0.15, 0.2) is 0 Å². The van der Waals surface area contributed by atoms with Crippen molar-refractivity contribution >= 4 is 41.1 Å². The third-order valence-corrected chi connectivity index (χ3v) is 5.53. The van der Waals surface area contributed by atoms with Gasteiger partial charge in [0.2, 0.25) is 5.89 Å². The summed E-state index contributed by atoms with van der Waals surface area (Å²) >= 11 is 13.7. The predicted molar refractivity (Wildman–Crippen MR) is 112 cm³/mol. The summed E-state index contributed by atoms with van der Waals surface area (Å²) in [6, 6.07) is 4.92. The van der Waals surface area contributed by atoms with E-state index in [0.29, 0.717) is 26.9 Å². The maximum Gasteiger partial charge on any atom is 0.408 e. The van der Waals surface area contributed by atoms with Crippen LogP contribution in [0.15, 0.2) is 27.8 Å². The third kappa shape index (κ3) is 6.57. The van der Waals surface area contributed by atoms with Gasteiger partial charge in [0.25, 0.3) is 5.22 Å². The lowest BCUT2D eigenvalue weighted by Crippen LogP contribution is -2.37. The second-order valence-corrected chi connectivity index (χ2v) is 9.15. The number of nitrogens with one attached hydrogen (secondary N) is 1. The molecule has 0 bridgehead atoms. The summed E-state index contributed by atoms with van der Waals surface area (Å²) in [4.78, 5) is 12.2. The van der Waals surface area contributed by atoms with Crippen molar-refractivity contribution in [2.24, 2.45) is 5.92 Å². The van der Waals surface area contributed by atoms with Crippen molar-refractivity contribution < 1.29 is 13.9 Å². The molecule has 154 valence electrons. The Balaban J connectivity index is 2.10. The predicted octanol–water partition coefficient (Wildman–Crippen LogP) is 6.28. The number of thioether (sulfide) groups is 1. The number of amides is 1. The van der Waals surface area contributed by atoms with Gasteiger partial charge in [-0.05, 0) is 44.4 Å². The number of alkyl carbamates (subject to hydrolysis) is 1. The molecule has 6 nitrogen and oxygen atoms in total. The van der Waals surface area contributed by atoms with Crippen molar-refractivity contribution in [3.8, 4) is 0 Å². The number of carbonyl (C=O) groups excluding carboxylic acids is 1. The van der Waals surface area contributed by atoms with Crippen molar-refractivity contribution in [1.29, 1.82) is 0 Å². The first-order valence-electron chi connectivity index (χ1n) is 8.99. The molecule has 1 aromatic heterocycles. The van der Waals surface area contributed by atoms with Crippen LogP contribution in [-0.4, -0.2) is 21.9 Å². The summed E-state index contributed by atoms with van der Waals surface area (Å²) in [5.41, 5.74) is 0.217. The molecule has 1 aromatic carbocycles. The van der Waals surface area contributed by atoms with Gasteiger partial charge in [-0.25, -0.2) is 4.79 Å². The first kappa shape index (κ1) is 22.8. The minimum absolute atomic E-state index is 0.0869. The molecule has 1 amide bonds. The quantitative estimate of drug-likeness (QED) is 0.505. The molecule has 2 unspecified atom stereocenters. The Bertz CT molecular complexity index is 788. The van der Waals surface area contributed by atoms with Crippen LogP contribution in [0.5, 0.6) is 0 Å². The van der Waals surface area contributed by atoms with Crippen LogP contribution >= 0.6 is 35.0 Å². The maximum atomic E-state index is 12.2. The van der Waals surface area contributed by atoms with Gasteiger partial charge in [-0.15, -0.1) is 10.2 Å². The summed E-state index contributed by atoms with van der Waals surface area (Å²) in [5, 5.41) is 12.6. The van der Waals surface area contributed by atoms with Crippen LogP contribution in [0.25, 0.3) is 0 Å². The lowest BCUT2D eigenvalue weighted by molar-refractivity contribution is 0.0474. The number of hydrogen-bond acceptors (Lipinski definition) is 6. The standard InChI is InChI=1S/C19H25Cl2N3O3S/c1-6-11(2)15(22-17(25)27-19(3,4)5)16-23-24-18(26-16)28-10-12-13(20)8-7-9-14(12)21/h7-9,11,15H,6,10H2,1-5H3,(H,22,25). The van der Waals surface area contributed by atoms with Gasteiger partial charge in [-0.1, -0.05) is 61.3 Å². The third-order valence-electron chi connectivity index (χ3n) is 3.98. The van der Waals surface area contributed by atoms with Gasteiger partial charge in [-0.3, -0.25) is 0 Å². The number of ether oxygens (including phenoxy) is 1. The van der Waals surface area contributed by atoms with E-state index in [1.165, 1.54) is 11.8 Å². The Morgan fingerprint density at radius 2 is 1.93 bits per heavy atom. The zero-order chi connectivity index (χ0) is 20.9. The molecule has 0 spiro atoms. The first-order chi connectivity index (χ1) is 13.1. The van der Waals surface area contributed by atoms with E-state index < -0.39 is 17.7 Å². The Morgan fingerprint density at radius 3 is 2.50 bits per heavy atom. The highest BCUT2D eigenvalue weighted by Crippen LogP contribution is 2.32. The van der Waals surface area contributed by atoms with Crippen LogP contribution in [0.3, 0.4) is 0 Å². The highest BCUT2D eigenvalue weighted by molar-refractivity contribution is 7.98. The van der Waals surface area contributed by atoms with E-state index >= 15 is 0 Å². The summed E-state index contributed by atoms with van der Waals surface area (Å²) in [6.07, 6.45) is 0.300. The van der Waals surface area contributed by atoms with E-state index in [0.717, 1.165) is 12.0 Å². The normalized spacial score (nSPS) is 13.8. The maximum absolute atomic E-state index is 12.2. The van der Waals surface area contributed by atoms with Gasteiger partial charge in [-0.2, -0.15) is 0 Å². The molecule has 0 radical (unpaired) electrons. The van der Waals surface area contributed by atoms with E-state index in [-0.39, 0.29) is 5.92 Å². The lowest BCUT2D eigenvalue weighted by atomic mass is 9.99. The molecule has 2 atom stereocenters. The summed E-state index contributed by atoms with van der Waals surface area (Å²) in [5.74, 6) is 0.921. The van der Waals surface area contributed by atoms with Crippen LogP contribution in [0.2, 0.25) is 10.0 Å². The minimum atomic E-state index is -0.589. The molecule has 0 saturated heterocycles. The van der Waals surface area contributed by atoms with Crippen LogP contribution < -0.4 is 5.32 Å². The largest absolute Gasteiger partial charge is 0.444 e. The molecule has 0 saturated carbocycles. The molecule has 2 aromatic rings. The topological polar surface area (TPSA) is 77.2 Å². The Hall–Kier alpha value is -1.44. The number of aromatic nitrogens is 2. The molecule has 0 aliphatic carbocycles. The smallest absolute Gasteiger partial charge is 0.408 e. The zero-order valence-corrected chi connectivity index (χ0v) is 18.9. The van der Waals surface area contributed by atoms with Crippen molar-refractivity contribution in [2.75, 3.05) is 0 Å². The Morgan fingerprint density at radius 1 is 1.29 bits per heavy atom. The fourth-order valence-corrected chi connectivity index (χ4v) is 3.84. The minimum Gasteiger partial charge on any atom is -0.444 e. The molecule has 28 heavy (non-hydrogen) atoms. The number of carbonyl (C=O) groups is 1. The number of hydrogen-bond donors (Lipinski definition) is 1. The van der Waals surface area contributed by atoms with Gasteiger partial charge in [0.1, 0.15) is 11.6 Å². The zero-order valence-electron chi connectivity index (χ0n) is 16.6. The number of benzene rings is 1. The Kier molecular flexibility index (Phi) is 8.04. The summed E-state index contributed by atoms with van der Waals surface area (Å²) in [7, 11) is 0. The van der Waals surface area contributed by atoms with Gasteiger partial charge in [0, 0.05) is 15.8 Å². The van der Waals surface area contributed by atoms with Crippen LogP contribution in [0.1, 0.15) is 58.5 Å². The molecule has 0 fully saturated rings. The molecule has 0 aliphatic heterocycles. The van der Waals surface area contributed by atoms with Crippen molar-refractivity contribution in [3.05, 3.63) is 39.7 Å². The average molecular weight is 446 g/mol. The van der Waals surface area contributed by atoms with E-state index in [1.807, 2.05) is 34.6 Å². The summed E-state index contributed by atoms with van der Waals surface area (Å²) in [6.45, 7) is 9.47. The number of rotatable bonds is 7. The first-order valence-corrected chi connectivity index (χ1v) is 10.7. The van der Waals surface area contributed by atoms with E-state index in [1.54, 1.807) is 18.2 Å². The van der Waals surface area contributed by atoms with Crippen molar-refractivity contribution in [1.82, 2.24) is 15.5 Å². The molecule has 2 rings (SSSR count). The van der Waals surface area contributed by atoms with Crippen LogP contribution in [0.4, 0.5) is 4.79 Å². The second kappa shape index (κ2) is 9.85. The van der Waals surface area contributed by atoms with Gasteiger partial charge < -0.3 is 14.5 Å². The van der Waals surface area contributed by atoms with Crippen molar-refractivity contribution in [2.45, 2.75) is 63.7 Å². The van der Waals surface area contributed by atoms with Crippen LogP contribution in [0, 0.1) is 5.92 Å². The van der Waals surface area contributed by atoms with Gasteiger partial charge >= 0.3 is 6.09 Å². The summed E-state index contributed by atoms with van der Waals surface area (Å²) < 4.78 is 11.1. The number of nitrogens with zero attached hydrogens (tertiary/aromatic N) is 2. The molecular formula is C19H25Cl2N3O3S. The fourth-order valence-electron chi connectivity index (χ4n) is 2.33. The molecular weight excluding hydrogens is 421 g/mol. The second-order valence-electron chi connectivity index (χ2n) is 7.40. The molecule has 1 heterocycles. The van der Waals surface area contributed by atoms with E-state index in [4.69, 9.17) is 32.4 Å². The van der Waals surface area contributed by atoms with Gasteiger partial charge in [0.05, 0.1) is 0 Å². The van der Waals surface area contributed by atoms with Crippen LogP contribution in [-0.2, 0) is 10.5 Å². The number of halogens is 2. The molecule has 0 aliphatic rings. The monoisotopic (exact) mass is 445 g/mol. The highest BCUT2D eigenvalue weighted by Gasteiger charge is 2.28. The Labute approximate surface area is 179 Å². The van der Waals surface area contributed by atoms with E-state index in [9.17, 15) is 4.79 Å². The highest BCUT2D eigenvalue weighted by atomic mass is 35.5. The van der Waals surface area contributed by atoms with E-state index in [2.05, 4.69) is 15.5 Å². The lowest BCUT2D eigenvalue weighted by Gasteiger charge is -2.24. The SMILES string of the molecule is CCC(C)C(NC(=O)OC(C)(C)C)c1nnc(SCc2c(Cl)cccc2Cl)o1. The average Bonchev–Trinajstić information content (AvgIpc) is 3.05. The van der Waals surface area contributed by atoms with Crippen molar-refractivity contribution in [3.63, 3.8) is 0 Å². The fraction of sp³-hybridized carbons (Fsp3) is 0.526. The molecule has 1 N–H and O–H groups in total.